The average molecular weight is 165 g/mol. The molecule has 3 atom stereocenters. The summed E-state index contributed by atoms with van der Waals surface area (Å²) >= 11 is 0. The second-order valence-electron chi connectivity index (χ2n) is 4.63. The van der Waals surface area contributed by atoms with Gasteiger partial charge in [0.15, 0.2) is 0 Å². The summed E-state index contributed by atoms with van der Waals surface area (Å²) in [6.45, 7) is 6.96. The fourth-order valence-electron chi connectivity index (χ4n) is 2.95. The minimum Gasteiger partial charge on any atom is -0.375 e. The molecule has 0 amide bonds. The lowest BCUT2D eigenvalue weighted by Gasteiger charge is -2.23. The van der Waals surface area contributed by atoms with Gasteiger partial charge in [0.2, 0.25) is 0 Å². The molecule has 12 heavy (non-hydrogen) atoms. The van der Waals surface area contributed by atoms with Gasteiger partial charge in [0, 0.05) is 24.7 Å². The number of hydrogen-bond donors (Lipinski definition) is 0. The lowest BCUT2D eigenvalue weighted by atomic mass is 9.97. The molecule has 68 valence electrons. The monoisotopic (exact) mass is 165 g/mol. The summed E-state index contributed by atoms with van der Waals surface area (Å²) < 4.78 is 0. The van der Waals surface area contributed by atoms with Gasteiger partial charge in [-0.15, -0.1) is 0 Å². The Balaban J connectivity index is 2.26. The molecule has 1 heterocycles. The smallest absolute Gasteiger partial charge is 0.0352 e. The molecule has 1 saturated carbocycles. The van der Waals surface area contributed by atoms with Gasteiger partial charge in [0.05, 0.1) is 0 Å². The van der Waals surface area contributed by atoms with Gasteiger partial charge in [-0.1, -0.05) is 6.92 Å². The van der Waals surface area contributed by atoms with E-state index in [1.54, 1.807) is 5.57 Å². The summed E-state index contributed by atoms with van der Waals surface area (Å²) in [5.74, 6) is 1.82. The van der Waals surface area contributed by atoms with Crippen molar-refractivity contribution in [1.29, 1.82) is 0 Å². The Kier molecular flexibility index (Phi) is 1.71. The van der Waals surface area contributed by atoms with Crippen LogP contribution in [0.15, 0.2) is 11.3 Å². The van der Waals surface area contributed by atoms with Gasteiger partial charge in [0.1, 0.15) is 0 Å². The van der Waals surface area contributed by atoms with Gasteiger partial charge in [-0.05, 0) is 38.2 Å². The van der Waals surface area contributed by atoms with E-state index in [4.69, 9.17) is 0 Å². The molecule has 2 aliphatic rings. The van der Waals surface area contributed by atoms with Gasteiger partial charge in [-0.25, -0.2) is 0 Å². The van der Waals surface area contributed by atoms with Crippen LogP contribution < -0.4 is 0 Å². The second kappa shape index (κ2) is 2.51. The Morgan fingerprint density at radius 3 is 2.50 bits per heavy atom. The van der Waals surface area contributed by atoms with Crippen molar-refractivity contribution in [2.45, 2.75) is 39.7 Å². The quantitative estimate of drug-likeness (QED) is 0.533. The number of allylic oxidation sites excluding steroid dienone is 1. The SMILES string of the molecule is CC1=C(C)N(C)C2CC(C)CC12. The first-order chi connectivity index (χ1) is 5.61. The lowest BCUT2D eigenvalue weighted by molar-refractivity contribution is 0.304. The second-order valence-corrected chi connectivity index (χ2v) is 4.63. The highest BCUT2D eigenvalue weighted by atomic mass is 15.2. The van der Waals surface area contributed by atoms with Crippen LogP contribution in [-0.4, -0.2) is 18.0 Å². The van der Waals surface area contributed by atoms with Crippen LogP contribution in [0, 0.1) is 11.8 Å². The van der Waals surface area contributed by atoms with Crippen LogP contribution in [0.4, 0.5) is 0 Å². The summed E-state index contributed by atoms with van der Waals surface area (Å²) in [5, 5.41) is 0. The average Bonchev–Trinajstić information content (AvgIpc) is 2.49. The molecule has 0 radical (unpaired) electrons. The standard InChI is InChI=1S/C11H19N/c1-7-5-10-8(2)9(3)12(4)11(10)6-7/h7,10-11H,5-6H2,1-4H3. The Labute approximate surface area is 75.4 Å². The summed E-state index contributed by atoms with van der Waals surface area (Å²) in [7, 11) is 2.25. The van der Waals surface area contributed by atoms with Crippen molar-refractivity contribution >= 4 is 0 Å². The van der Waals surface area contributed by atoms with E-state index in [9.17, 15) is 0 Å². The molecule has 0 N–H and O–H groups in total. The summed E-state index contributed by atoms with van der Waals surface area (Å²) in [4.78, 5) is 2.49. The van der Waals surface area contributed by atoms with E-state index in [2.05, 4.69) is 32.7 Å². The van der Waals surface area contributed by atoms with Crippen LogP contribution in [0.2, 0.25) is 0 Å². The fourth-order valence-corrected chi connectivity index (χ4v) is 2.95. The molecule has 0 saturated heterocycles. The minimum atomic E-state index is 0.833. The van der Waals surface area contributed by atoms with Crippen LogP contribution in [0.25, 0.3) is 0 Å². The third-order valence-electron chi connectivity index (χ3n) is 3.92. The highest BCUT2D eigenvalue weighted by Crippen LogP contribution is 2.45. The van der Waals surface area contributed by atoms with E-state index in [1.165, 1.54) is 18.5 Å². The topological polar surface area (TPSA) is 3.24 Å². The van der Waals surface area contributed by atoms with Crippen molar-refractivity contribution in [3.8, 4) is 0 Å². The lowest BCUT2D eigenvalue weighted by Crippen LogP contribution is -2.26. The van der Waals surface area contributed by atoms with Gasteiger partial charge in [-0.2, -0.15) is 0 Å². The molecule has 0 bridgehead atoms. The van der Waals surface area contributed by atoms with Gasteiger partial charge >= 0.3 is 0 Å². The van der Waals surface area contributed by atoms with Crippen LogP contribution in [0.5, 0.6) is 0 Å². The summed E-state index contributed by atoms with van der Waals surface area (Å²) in [6.07, 6.45) is 2.81. The number of nitrogens with zero attached hydrogens (tertiary/aromatic N) is 1. The zero-order valence-corrected chi connectivity index (χ0v) is 8.59. The van der Waals surface area contributed by atoms with E-state index < -0.39 is 0 Å². The van der Waals surface area contributed by atoms with Crippen molar-refractivity contribution in [1.82, 2.24) is 4.90 Å². The first kappa shape index (κ1) is 8.15. The molecule has 3 unspecified atom stereocenters. The van der Waals surface area contributed by atoms with Crippen molar-refractivity contribution in [3.05, 3.63) is 11.3 Å². The van der Waals surface area contributed by atoms with Crippen LogP contribution in [-0.2, 0) is 0 Å². The Bertz CT molecular complexity index is 229. The van der Waals surface area contributed by atoms with E-state index in [-0.39, 0.29) is 0 Å². The van der Waals surface area contributed by atoms with E-state index in [1.807, 2.05) is 0 Å². The molecule has 1 aliphatic heterocycles. The molecule has 1 heteroatoms. The maximum atomic E-state index is 2.49. The molecule has 1 fully saturated rings. The highest BCUT2D eigenvalue weighted by molar-refractivity contribution is 5.24. The molecule has 0 spiro atoms. The predicted octanol–water partition coefficient (Wildman–Crippen LogP) is 2.64. The maximum absolute atomic E-state index is 2.49. The van der Waals surface area contributed by atoms with Gasteiger partial charge < -0.3 is 4.90 Å². The zero-order chi connectivity index (χ0) is 8.88. The first-order valence-electron chi connectivity index (χ1n) is 5.01. The van der Waals surface area contributed by atoms with Crippen LogP contribution >= 0.6 is 0 Å². The summed E-state index contributed by atoms with van der Waals surface area (Å²) in [6, 6.07) is 0.833. The first-order valence-corrected chi connectivity index (χ1v) is 5.01. The van der Waals surface area contributed by atoms with E-state index in [0.717, 1.165) is 17.9 Å². The predicted molar refractivity (Wildman–Crippen MR) is 51.8 cm³/mol. The van der Waals surface area contributed by atoms with Gasteiger partial charge in [-0.3, -0.25) is 0 Å². The Morgan fingerprint density at radius 2 is 1.92 bits per heavy atom. The van der Waals surface area contributed by atoms with Crippen molar-refractivity contribution in [3.63, 3.8) is 0 Å². The molecule has 1 nitrogen and oxygen atoms in total. The van der Waals surface area contributed by atoms with Crippen molar-refractivity contribution < 1.29 is 0 Å². The molecule has 0 aromatic rings. The molecule has 2 rings (SSSR count). The third-order valence-corrected chi connectivity index (χ3v) is 3.92. The summed E-state index contributed by atoms with van der Waals surface area (Å²) in [5.41, 5.74) is 3.17. The Morgan fingerprint density at radius 1 is 1.25 bits per heavy atom. The van der Waals surface area contributed by atoms with Crippen LogP contribution in [0.1, 0.15) is 33.6 Å². The van der Waals surface area contributed by atoms with E-state index >= 15 is 0 Å². The molecule has 1 aliphatic carbocycles. The highest BCUT2D eigenvalue weighted by Gasteiger charge is 2.40. The molecule has 0 aromatic heterocycles. The maximum Gasteiger partial charge on any atom is 0.0352 e. The Hall–Kier alpha value is -0.460. The number of hydrogen-bond acceptors (Lipinski definition) is 1. The fraction of sp³-hybridized carbons (Fsp3) is 0.818. The molecule has 0 aromatic carbocycles. The normalized spacial score (nSPS) is 41.0. The van der Waals surface area contributed by atoms with Crippen LogP contribution in [0.3, 0.4) is 0 Å². The van der Waals surface area contributed by atoms with E-state index in [0.29, 0.717) is 0 Å². The minimum absolute atomic E-state index is 0.833. The number of rotatable bonds is 0. The van der Waals surface area contributed by atoms with Crippen molar-refractivity contribution in [2.75, 3.05) is 7.05 Å². The number of fused-ring (bicyclic) bond motifs is 1. The van der Waals surface area contributed by atoms with Crippen molar-refractivity contribution in [2.24, 2.45) is 11.8 Å². The molecular weight excluding hydrogens is 146 g/mol. The van der Waals surface area contributed by atoms with Gasteiger partial charge in [0.25, 0.3) is 0 Å². The zero-order valence-electron chi connectivity index (χ0n) is 8.59. The largest absolute Gasteiger partial charge is 0.375 e. The molecular formula is C11H19N. The third kappa shape index (κ3) is 0.917.